The minimum atomic E-state index is 0.898. The summed E-state index contributed by atoms with van der Waals surface area (Å²) in [6.07, 6.45) is 0. The molecule has 0 radical (unpaired) electrons. The number of ether oxygens (including phenoxy) is 1. The van der Waals surface area contributed by atoms with E-state index in [1.807, 2.05) is 24.3 Å². The Morgan fingerprint density at radius 1 is 0.357 bits per heavy atom. The number of furan rings is 1. The molecule has 2 heterocycles. The molecule has 1 aliphatic heterocycles. The van der Waals surface area contributed by atoms with Gasteiger partial charge in [-0.2, -0.15) is 0 Å². The molecule has 0 saturated carbocycles. The van der Waals surface area contributed by atoms with Crippen LogP contribution < -0.4 is 4.74 Å². The van der Waals surface area contributed by atoms with Crippen LogP contribution in [0.3, 0.4) is 0 Å². The van der Waals surface area contributed by atoms with E-state index in [2.05, 4.69) is 121 Å². The zero-order chi connectivity index (χ0) is 27.6. The molecule has 0 saturated heterocycles. The second-order valence-corrected chi connectivity index (χ2v) is 10.9. The lowest BCUT2D eigenvalue weighted by Crippen LogP contribution is -1.97. The van der Waals surface area contributed by atoms with Crippen molar-refractivity contribution in [2.45, 2.75) is 0 Å². The highest BCUT2D eigenvalue weighted by molar-refractivity contribution is 6.12. The first-order valence-electron chi connectivity index (χ1n) is 14.3. The van der Waals surface area contributed by atoms with E-state index in [0.717, 1.165) is 61.1 Å². The smallest absolute Gasteiger partial charge is 0.143 e. The van der Waals surface area contributed by atoms with Crippen molar-refractivity contribution in [3.63, 3.8) is 0 Å². The highest BCUT2D eigenvalue weighted by Crippen LogP contribution is 2.49. The average Bonchev–Trinajstić information content (AvgIpc) is 3.44. The van der Waals surface area contributed by atoms with Gasteiger partial charge in [-0.15, -0.1) is 0 Å². The quantitative estimate of drug-likeness (QED) is 0.224. The molecule has 8 aromatic rings. The first-order chi connectivity index (χ1) is 20.8. The number of hydrogen-bond donors (Lipinski definition) is 0. The second-order valence-electron chi connectivity index (χ2n) is 10.9. The summed E-state index contributed by atoms with van der Waals surface area (Å²) in [5, 5.41) is 4.60. The maximum Gasteiger partial charge on any atom is 0.143 e. The van der Waals surface area contributed by atoms with E-state index in [1.165, 1.54) is 27.6 Å². The van der Waals surface area contributed by atoms with Crippen LogP contribution in [0.2, 0.25) is 0 Å². The van der Waals surface area contributed by atoms with Crippen LogP contribution in [-0.4, -0.2) is 0 Å². The van der Waals surface area contributed by atoms with Crippen LogP contribution >= 0.6 is 0 Å². The molecule has 0 atom stereocenters. The number of benzene rings is 7. The molecule has 0 fully saturated rings. The standard InChI is InChI=1S/C40H24O2/c1-2-10-25(11-3-1)26-22-27(24-28(23-26)30-14-8-17-35-32-13-5-7-19-37(32)42-40(30)35)29-20-21-38-39-33(29)15-9-16-34(39)31-12-4-6-18-36(31)41-38/h1-24H. The van der Waals surface area contributed by atoms with Gasteiger partial charge < -0.3 is 9.15 Å². The zero-order valence-electron chi connectivity index (χ0n) is 22.7. The summed E-state index contributed by atoms with van der Waals surface area (Å²) in [4.78, 5) is 0. The molecule has 0 unspecified atom stereocenters. The molecule has 2 heteroatoms. The topological polar surface area (TPSA) is 22.4 Å². The summed E-state index contributed by atoms with van der Waals surface area (Å²) in [6.45, 7) is 0. The molecule has 1 aromatic heterocycles. The van der Waals surface area contributed by atoms with Gasteiger partial charge in [0.2, 0.25) is 0 Å². The van der Waals surface area contributed by atoms with E-state index < -0.39 is 0 Å². The van der Waals surface area contributed by atoms with Crippen molar-refractivity contribution in [1.82, 2.24) is 0 Å². The number of para-hydroxylation sites is 3. The van der Waals surface area contributed by atoms with Crippen molar-refractivity contribution in [3.8, 4) is 56.0 Å². The Bertz CT molecular complexity index is 2330. The first-order valence-corrected chi connectivity index (χ1v) is 14.3. The minimum Gasteiger partial charge on any atom is -0.456 e. The molecule has 0 amide bonds. The van der Waals surface area contributed by atoms with Crippen molar-refractivity contribution in [1.29, 1.82) is 0 Å². The molecule has 0 N–H and O–H groups in total. The van der Waals surface area contributed by atoms with E-state index in [9.17, 15) is 0 Å². The number of fused-ring (bicyclic) bond motifs is 5. The Balaban J connectivity index is 1.32. The molecule has 196 valence electrons. The van der Waals surface area contributed by atoms with E-state index in [0.29, 0.717) is 0 Å². The molecular formula is C40H24O2. The lowest BCUT2D eigenvalue weighted by molar-refractivity contribution is 0.487. The predicted octanol–water partition coefficient (Wildman–Crippen LogP) is 11.5. The summed E-state index contributed by atoms with van der Waals surface area (Å²) in [7, 11) is 0. The van der Waals surface area contributed by atoms with Crippen LogP contribution in [0.5, 0.6) is 11.5 Å². The van der Waals surface area contributed by atoms with Crippen LogP contribution in [0.1, 0.15) is 0 Å². The van der Waals surface area contributed by atoms with Gasteiger partial charge in [-0.05, 0) is 75.2 Å². The van der Waals surface area contributed by atoms with E-state index in [1.54, 1.807) is 0 Å². The number of rotatable bonds is 3. The van der Waals surface area contributed by atoms with Gasteiger partial charge in [0.1, 0.15) is 22.7 Å². The molecule has 2 nitrogen and oxygen atoms in total. The lowest BCUT2D eigenvalue weighted by Gasteiger charge is -2.22. The Labute approximate surface area is 243 Å². The van der Waals surface area contributed by atoms with Crippen molar-refractivity contribution in [2.24, 2.45) is 0 Å². The highest BCUT2D eigenvalue weighted by Gasteiger charge is 2.22. The summed E-state index contributed by atoms with van der Waals surface area (Å²) in [5.41, 5.74) is 11.0. The van der Waals surface area contributed by atoms with Gasteiger partial charge in [0, 0.05) is 27.3 Å². The predicted molar refractivity (Wildman–Crippen MR) is 173 cm³/mol. The Morgan fingerprint density at radius 2 is 1.02 bits per heavy atom. The molecule has 0 aliphatic carbocycles. The highest BCUT2D eigenvalue weighted by atomic mass is 16.5. The van der Waals surface area contributed by atoms with Gasteiger partial charge >= 0.3 is 0 Å². The largest absolute Gasteiger partial charge is 0.456 e. The van der Waals surface area contributed by atoms with Crippen LogP contribution in [0.25, 0.3) is 77.2 Å². The van der Waals surface area contributed by atoms with Crippen LogP contribution in [0.4, 0.5) is 0 Å². The third-order valence-electron chi connectivity index (χ3n) is 8.47. The molecule has 0 bridgehead atoms. The fourth-order valence-corrected chi connectivity index (χ4v) is 6.54. The lowest BCUT2D eigenvalue weighted by atomic mass is 9.88. The summed E-state index contributed by atoms with van der Waals surface area (Å²) < 4.78 is 12.9. The molecule has 7 aromatic carbocycles. The molecule has 9 rings (SSSR count). The van der Waals surface area contributed by atoms with Gasteiger partial charge in [0.15, 0.2) is 0 Å². The van der Waals surface area contributed by atoms with Gasteiger partial charge in [0.05, 0.1) is 0 Å². The third kappa shape index (κ3) is 3.45. The van der Waals surface area contributed by atoms with Crippen molar-refractivity contribution < 1.29 is 9.15 Å². The SMILES string of the molecule is c1ccc(-c2cc(-c3ccc4c5c(cccc35)-c3ccccc3O4)cc(-c3cccc4c3oc3ccccc34)c2)cc1. The molecule has 42 heavy (non-hydrogen) atoms. The third-order valence-corrected chi connectivity index (χ3v) is 8.47. The second kappa shape index (κ2) is 8.95. The molecule has 1 aliphatic rings. The average molecular weight is 537 g/mol. The van der Waals surface area contributed by atoms with Gasteiger partial charge in [-0.1, -0.05) is 109 Å². The van der Waals surface area contributed by atoms with Crippen molar-refractivity contribution >= 4 is 32.7 Å². The van der Waals surface area contributed by atoms with Gasteiger partial charge in [0.25, 0.3) is 0 Å². The van der Waals surface area contributed by atoms with Gasteiger partial charge in [-0.25, -0.2) is 0 Å². The Kier molecular flexibility index (Phi) is 4.93. The minimum absolute atomic E-state index is 0.898. The van der Waals surface area contributed by atoms with Gasteiger partial charge in [-0.3, -0.25) is 0 Å². The fourth-order valence-electron chi connectivity index (χ4n) is 6.54. The normalized spacial score (nSPS) is 12.0. The maximum absolute atomic E-state index is 6.47. The first kappa shape index (κ1) is 23.1. The van der Waals surface area contributed by atoms with E-state index in [-0.39, 0.29) is 0 Å². The van der Waals surface area contributed by atoms with Crippen molar-refractivity contribution in [3.05, 3.63) is 146 Å². The number of hydrogen-bond acceptors (Lipinski definition) is 2. The Morgan fingerprint density at radius 3 is 1.93 bits per heavy atom. The van der Waals surface area contributed by atoms with Crippen LogP contribution in [0, 0.1) is 0 Å². The van der Waals surface area contributed by atoms with Crippen LogP contribution in [-0.2, 0) is 0 Å². The maximum atomic E-state index is 6.47. The van der Waals surface area contributed by atoms with Crippen molar-refractivity contribution in [2.75, 3.05) is 0 Å². The summed E-state index contributed by atoms with van der Waals surface area (Å²) in [5.74, 6) is 1.80. The van der Waals surface area contributed by atoms with Crippen LogP contribution in [0.15, 0.2) is 150 Å². The van der Waals surface area contributed by atoms with E-state index in [4.69, 9.17) is 9.15 Å². The molecular weight excluding hydrogens is 512 g/mol. The molecule has 0 spiro atoms. The summed E-state index contributed by atoms with van der Waals surface area (Å²) in [6, 6.07) is 51.4. The van der Waals surface area contributed by atoms with E-state index >= 15 is 0 Å². The summed E-state index contributed by atoms with van der Waals surface area (Å²) >= 11 is 0. The fraction of sp³-hybridized carbons (Fsp3) is 0. The Hall–Kier alpha value is -5.60. The zero-order valence-corrected chi connectivity index (χ0v) is 22.7. The monoisotopic (exact) mass is 536 g/mol.